The summed E-state index contributed by atoms with van der Waals surface area (Å²) in [5.41, 5.74) is 1.40. The molecule has 1 aliphatic rings. The Hall–Kier alpha value is -3.03. The number of fused-ring (bicyclic) bond motifs is 1. The van der Waals surface area contributed by atoms with Crippen molar-refractivity contribution in [2.75, 3.05) is 13.1 Å². The second-order valence-corrected chi connectivity index (χ2v) is 7.12. The zero-order valence-corrected chi connectivity index (χ0v) is 15.3. The second-order valence-electron chi connectivity index (χ2n) is 7.12. The van der Waals surface area contributed by atoms with Crippen molar-refractivity contribution in [1.29, 1.82) is 0 Å². The summed E-state index contributed by atoms with van der Waals surface area (Å²) in [5, 5.41) is 11.1. The third-order valence-electron chi connectivity index (χ3n) is 5.13. The molecule has 1 fully saturated rings. The zero-order valence-electron chi connectivity index (χ0n) is 15.3. The van der Waals surface area contributed by atoms with Gasteiger partial charge in [0.1, 0.15) is 11.6 Å². The van der Waals surface area contributed by atoms with Crippen molar-refractivity contribution in [3.8, 4) is 0 Å². The lowest BCUT2D eigenvalue weighted by molar-refractivity contribution is 0.169. The van der Waals surface area contributed by atoms with Gasteiger partial charge in [0.15, 0.2) is 11.5 Å². The predicted molar refractivity (Wildman–Crippen MR) is 99.6 cm³/mol. The molecule has 146 valence electrons. The first-order chi connectivity index (χ1) is 13.6. The molecule has 0 radical (unpaired) electrons. The number of hydrogen-bond donors (Lipinski definition) is 1. The van der Waals surface area contributed by atoms with Gasteiger partial charge in [-0.05, 0) is 55.0 Å². The molecular weight excluding hydrogens is 364 g/mol. The molecule has 2 aromatic heterocycles. The van der Waals surface area contributed by atoms with Crippen molar-refractivity contribution in [2.45, 2.75) is 25.8 Å². The van der Waals surface area contributed by atoms with Crippen LogP contribution in [0.3, 0.4) is 0 Å². The largest absolute Gasteiger partial charge is 0.331 e. The second kappa shape index (κ2) is 7.92. The van der Waals surface area contributed by atoms with Crippen LogP contribution in [-0.2, 0) is 13.0 Å². The van der Waals surface area contributed by atoms with Crippen LogP contribution in [0.15, 0.2) is 42.6 Å². The first-order valence-electron chi connectivity index (χ1n) is 9.35. The van der Waals surface area contributed by atoms with E-state index >= 15 is 0 Å². The molecule has 0 aliphatic carbocycles. The summed E-state index contributed by atoms with van der Waals surface area (Å²) in [6, 6.07) is 9.13. The maximum absolute atomic E-state index is 13.3. The molecule has 0 bridgehead atoms. The fourth-order valence-corrected chi connectivity index (χ4v) is 3.68. The van der Waals surface area contributed by atoms with Gasteiger partial charge in [0.05, 0.1) is 6.54 Å². The molecule has 0 unspecified atom stereocenters. The van der Waals surface area contributed by atoms with Crippen LogP contribution >= 0.6 is 0 Å². The summed E-state index contributed by atoms with van der Waals surface area (Å²) < 4.78 is 28.5. The first-order valence-corrected chi connectivity index (χ1v) is 9.35. The smallest absolute Gasteiger partial charge is 0.317 e. The van der Waals surface area contributed by atoms with E-state index in [1.54, 1.807) is 4.90 Å². The molecule has 1 N–H and O–H groups in total. The summed E-state index contributed by atoms with van der Waals surface area (Å²) in [4.78, 5) is 14.2. The van der Waals surface area contributed by atoms with Gasteiger partial charge >= 0.3 is 6.03 Å². The molecule has 8 heteroatoms. The van der Waals surface area contributed by atoms with Gasteiger partial charge in [-0.3, -0.25) is 4.40 Å². The Bertz CT molecular complexity index is 961. The molecule has 0 saturated carbocycles. The lowest BCUT2D eigenvalue weighted by Gasteiger charge is -2.32. The minimum atomic E-state index is -0.548. The zero-order chi connectivity index (χ0) is 19.5. The van der Waals surface area contributed by atoms with Gasteiger partial charge in [0.2, 0.25) is 0 Å². The molecular formula is C20H21F2N5O. The maximum Gasteiger partial charge on any atom is 0.317 e. The van der Waals surface area contributed by atoms with Crippen molar-refractivity contribution in [3.63, 3.8) is 0 Å². The number of hydrogen-bond acceptors (Lipinski definition) is 3. The quantitative estimate of drug-likeness (QED) is 0.750. The van der Waals surface area contributed by atoms with E-state index in [1.165, 1.54) is 12.1 Å². The van der Waals surface area contributed by atoms with E-state index < -0.39 is 11.6 Å². The Morgan fingerprint density at radius 1 is 1.11 bits per heavy atom. The van der Waals surface area contributed by atoms with E-state index in [0.29, 0.717) is 43.4 Å². The average molecular weight is 385 g/mol. The fraction of sp³-hybridized carbons (Fsp3) is 0.350. The van der Waals surface area contributed by atoms with Crippen molar-refractivity contribution >= 4 is 11.7 Å². The number of aromatic nitrogens is 3. The van der Waals surface area contributed by atoms with Crippen LogP contribution in [0.25, 0.3) is 5.65 Å². The third kappa shape index (κ3) is 4.11. The Morgan fingerprint density at radius 3 is 2.61 bits per heavy atom. The van der Waals surface area contributed by atoms with E-state index in [2.05, 4.69) is 15.5 Å². The predicted octanol–water partition coefficient (Wildman–Crippen LogP) is 3.17. The molecule has 3 heterocycles. The number of urea groups is 1. The van der Waals surface area contributed by atoms with E-state index in [9.17, 15) is 13.6 Å². The molecule has 1 aliphatic heterocycles. The number of carbonyl (C=O) groups excluding carboxylic acids is 1. The number of piperidine rings is 1. The van der Waals surface area contributed by atoms with Crippen LogP contribution < -0.4 is 5.32 Å². The maximum atomic E-state index is 13.3. The van der Waals surface area contributed by atoms with Crippen LogP contribution in [0.5, 0.6) is 0 Å². The summed E-state index contributed by atoms with van der Waals surface area (Å²) >= 11 is 0. The topological polar surface area (TPSA) is 62.5 Å². The molecule has 4 rings (SSSR count). The Balaban J connectivity index is 1.28. The van der Waals surface area contributed by atoms with Crippen LogP contribution in [0, 0.1) is 17.6 Å². The van der Waals surface area contributed by atoms with Crippen molar-refractivity contribution in [3.05, 3.63) is 65.6 Å². The number of likely N-dealkylation sites (tertiary alicyclic amines) is 1. The third-order valence-corrected chi connectivity index (χ3v) is 5.13. The minimum Gasteiger partial charge on any atom is -0.331 e. The normalized spacial score (nSPS) is 15.1. The SMILES string of the molecule is O=C(NCc1nnc2ccccn12)N1CCC(Cc2cc(F)cc(F)c2)CC1. The standard InChI is InChI=1S/C20H21F2N5O/c21-16-10-15(11-17(22)12-16)9-14-4-7-26(8-5-14)20(28)23-13-19-25-24-18-3-1-2-6-27(18)19/h1-3,6,10-12,14H,4-5,7-9,13H2,(H,23,28). The Kier molecular flexibility index (Phi) is 5.18. The van der Waals surface area contributed by atoms with Crippen LogP contribution in [0.1, 0.15) is 24.2 Å². The average Bonchev–Trinajstić information content (AvgIpc) is 3.09. The number of pyridine rings is 1. The summed E-state index contributed by atoms with van der Waals surface area (Å²) in [7, 11) is 0. The molecule has 6 nitrogen and oxygen atoms in total. The fourth-order valence-electron chi connectivity index (χ4n) is 3.68. The highest BCUT2D eigenvalue weighted by atomic mass is 19.1. The highest BCUT2D eigenvalue weighted by Gasteiger charge is 2.23. The summed E-state index contributed by atoms with van der Waals surface area (Å²) in [6.07, 6.45) is 4.09. The number of rotatable bonds is 4. The van der Waals surface area contributed by atoms with Gasteiger partial charge in [0.25, 0.3) is 0 Å². The van der Waals surface area contributed by atoms with Gasteiger partial charge in [-0.15, -0.1) is 10.2 Å². The van der Waals surface area contributed by atoms with Crippen molar-refractivity contribution in [1.82, 2.24) is 24.8 Å². The van der Waals surface area contributed by atoms with Gasteiger partial charge in [-0.25, -0.2) is 13.6 Å². The molecule has 0 spiro atoms. The van der Waals surface area contributed by atoms with Crippen LogP contribution in [0.4, 0.5) is 13.6 Å². The Labute approximate surface area is 161 Å². The van der Waals surface area contributed by atoms with Gasteiger partial charge in [-0.2, -0.15) is 0 Å². The van der Waals surface area contributed by atoms with Gasteiger partial charge in [0, 0.05) is 25.4 Å². The number of nitrogens with zero attached hydrogens (tertiary/aromatic N) is 4. The highest BCUT2D eigenvalue weighted by molar-refractivity contribution is 5.74. The molecule has 2 amide bonds. The van der Waals surface area contributed by atoms with Gasteiger partial charge in [-0.1, -0.05) is 6.07 Å². The molecule has 28 heavy (non-hydrogen) atoms. The lowest BCUT2D eigenvalue weighted by Crippen LogP contribution is -2.44. The number of benzene rings is 1. The van der Waals surface area contributed by atoms with Crippen LogP contribution in [0.2, 0.25) is 0 Å². The Morgan fingerprint density at radius 2 is 1.86 bits per heavy atom. The highest BCUT2D eigenvalue weighted by Crippen LogP contribution is 2.22. The molecule has 1 saturated heterocycles. The number of carbonyl (C=O) groups is 1. The monoisotopic (exact) mass is 385 g/mol. The number of nitrogens with one attached hydrogen (secondary N) is 1. The molecule has 3 aromatic rings. The van der Waals surface area contributed by atoms with E-state index in [0.717, 1.165) is 24.6 Å². The molecule has 1 aromatic carbocycles. The van der Waals surface area contributed by atoms with Gasteiger partial charge < -0.3 is 10.2 Å². The number of amides is 2. The van der Waals surface area contributed by atoms with E-state index in [4.69, 9.17) is 0 Å². The summed E-state index contributed by atoms with van der Waals surface area (Å²) in [5.74, 6) is -0.113. The van der Waals surface area contributed by atoms with Crippen LogP contribution in [-0.4, -0.2) is 38.6 Å². The molecule has 0 atom stereocenters. The van der Waals surface area contributed by atoms with Crippen molar-refractivity contribution in [2.24, 2.45) is 5.92 Å². The van der Waals surface area contributed by atoms with E-state index in [1.807, 2.05) is 28.8 Å². The first kappa shape index (κ1) is 18.3. The lowest BCUT2D eigenvalue weighted by atomic mass is 9.90. The summed E-state index contributed by atoms with van der Waals surface area (Å²) in [6.45, 7) is 1.54. The van der Waals surface area contributed by atoms with E-state index in [-0.39, 0.29) is 6.03 Å². The number of halogens is 2. The minimum absolute atomic E-state index is 0.136. The van der Waals surface area contributed by atoms with Crippen molar-refractivity contribution < 1.29 is 13.6 Å².